The van der Waals surface area contributed by atoms with Crippen LogP contribution in [0.25, 0.3) is 10.9 Å². The van der Waals surface area contributed by atoms with Gasteiger partial charge in [0.15, 0.2) is 0 Å². The number of hydrogen-bond donors (Lipinski definition) is 1. The number of hydrogen-bond acceptors (Lipinski definition) is 4. The maximum absolute atomic E-state index is 13.1. The van der Waals surface area contributed by atoms with E-state index < -0.39 is 17.6 Å². The lowest BCUT2D eigenvalue weighted by molar-refractivity contribution is -0.137. The standard InChI is InChI=1S/C25H24ClF3N4O3/c1-15(34)32-6-4-17(5-7-32)18-2-3-22-21(10-18)24(36)33(14-31-22)13-23(35)30-12-16-8-19(25(27,28)29)11-20(26)9-16/h2-3,8-11,14,17H,4-7,12-13H2,1H3,(H,30,35). The first-order chi connectivity index (χ1) is 17.0. The van der Waals surface area contributed by atoms with E-state index in [1.807, 2.05) is 6.07 Å². The molecule has 0 saturated carbocycles. The third kappa shape index (κ3) is 5.87. The maximum Gasteiger partial charge on any atom is 0.416 e. The monoisotopic (exact) mass is 520 g/mol. The molecule has 4 rings (SSSR count). The van der Waals surface area contributed by atoms with Crippen LogP contribution in [0.15, 0.2) is 47.5 Å². The summed E-state index contributed by atoms with van der Waals surface area (Å²) in [6.45, 7) is 2.35. The van der Waals surface area contributed by atoms with E-state index in [0.29, 0.717) is 24.0 Å². The van der Waals surface area contributed by atoms with Gasteiger partial charge in [0, 0.05) is 31.6 Å². The van der Waals surface area contributed by atoms with E-state index >= 15 is 0 Å². The number of rotatable bonds is 5. The van der Waals surface area contributed by atoms with Crippen molar-refractivity contribution in [2.75, 3.05) is 13.1 Å². The van der Waals surface area contributed by atoms with Gasteiger partial charge in [-0.2, -0.15) is 13.2 Å². The Balaban J connectivity index is 1.46. The third-order valence-electron chi connectivity index (χ3n) is 6.35. The van der Waals surface area contributed by atoms with E-state index in [4.69, 9.17) is 11.6 Å². The summed E-state index contributed by atoms with van der Waals surface area (Å²) in [7, 11) is 0. The highest BCUT2D eigenvalue weighted by atomic mass is 35.5. The van der Waals surface area contributed by atoms with Gasteiger partial charge in [-0.25, -0.2) is 4.98 Å². The van der Waals surface area contributed by atoms with Crippen LogP contribution in [0.2, 0.25) is 5.02 Å². The Bertz CT molecular complexity index is 1360. The summed E-state index contributed by atoms with van der Waals surface area (Å²) in [6, 6.07) is 8.55. The van der Waals surface area contributed by atoms with Gasteiger partial charge in [0.25, 0.3) is 5.56 Å². The molecule has 1 fully saturated rings. The molecule has 0 aliphatic carbocycles. The van der Waals surface area contributed by atoms with Crippen LogP contribution in [0.5, 0.6) is 0 Å². The topological polar surface area (TPSA) is 84.3 Å². The lowest BCUT2D eigenvalue weighted by Crippen LogP contribution is -2.36. The fourth-order valence-electron chi connectivity index (χ4n) is 4.40. The molecule has 11 heteroatoms. The molecule has 3 aromatic rings. The van der Waals surface area contributed by atoms with Crippen molar-refractivity contribution < 1.29 is 22.8 Å². The summed E-state index contributed by atoms with van der Waals surface area (Å²) in [5.41, 5.74) is 0.373. The Morgan fingerprint density at radius 1 is 1.14 bits per heavy atom. The largest absolute Gasteiger partial charge is 0.416 e. The van der Waals surface area contributed by atoms with Gasteiger partial charge in [-0.3, -0.25) is 19.0 Å². The van der Waals surface area contributed by atoms with Gasteiger partial charge in [0.1, 0.15) is 6.54 Å². The first kappa shape index (κ1) is 25.7. The summed E-state index contributed by atoms with van der Waals surface area (Å²) in [5.74, 6) is -0.298. The van der Waals surface area contributed by atoms with Gasteiger partial charge < -0.3 is 10.2 Å². The number of aromatic nitrogens is 2. The second-order valence-electron chi connectivity index (χ2n) is 8.86. The summed E-state index contributed by atoms with van der Waals surface area (Å²) in [5, 5.41) is 2.81. The zero-order valence-corrected chi connectivity index (χ0v) is 20.2. The fraction of sp³-hybridized carbons (Fsp3) is 0.360. The molecule has 2 aromatic carbocycles. The smallest absolute Gasteiger partial charge is 0.350 e. The number of likely N-dealkylation sites (tertiary alicyclic amines) is 1. The van der Waals surface area contributed by atoms with Crippen molar-refractivity contribution in [2.24, 2.45) is 0 Å². The number of fused-ring (bicyclic) bond motifs is 1. The lowest BCUT2D eigenvalue weighted by atomic mass is 9.89. The highest BCUT2D eigenvalue weighted by Gasteiger charge is 2.31. The second-order valence-corrected chi connectivity index (χ2v) is 9.29. The summed E-state index contributed by atoms with van der Waals surface area (Å²) in [4.78, 5) is 43.2. The molecule has 0 atom stereocenters. The van der Waals surface area contributed by atoms with Crippen molar-refractivity contribution in [3.63, 3.8) is 0 Å². The average Bonchev–Trinajstić information content (AvgIpc) is 2.83. The van der Waals surface area contributed by atoms with Crippen LogP contribution in [0.1, 0.15) is 42.4 Å². The minimum atomic E-state index is -4.56. The number of carbonyl (C=O) groups is 2. The molecule has 1 saturated heterocycles. The van der Waals surface area contributed by atoms with Gasteiger partial charge in [-0.05, 0) is 60.2 Å². The number of nitrogens with zero attached hydrogens (tertiary/aromatic N) is 3. The summed E-state index contributed by atoms with van der Waals surface area (Å²) in [6.07, 6.45) is -1.70. The predicted octanol–water partition coefficient (Wildman–Crippen LogP) is 4.11. The van der Waals surface area contributed by atoms with E-state index in [9.17, 15) is 27.6 Å². The minimum Gasteiger partial charge on any atom is -0.350 e. The third-order valence-corrected chi connectivity index (χ3v) is 6.57. The highest BCUT2D eigenvalue weighted by molar-refractivity contribution is 6.30. The summed E-state index contributed by atoms with van der Waals surface area (Å²) < 4.78 is 40.2. The molecule has 1 aromatic heterocycles. The molecule has 1 N–H and O–H groups in total. The molecule has 2 amide bonds. The molecule has 1 aliphatic rings. The molecule has 0 unspecified atom stereocenters. The van der Waals surface area contributed by atoms with Crippen LogP contribution in [0.3, 0.4) is 0 Å². The van der Waals surface area contributed by atoms with Crippen LogP contribution in [-0.4, -0.2) is 39.4 Å². The maximum atomic E-state index is 13.1. The molecule has 1 aliphatic heterocycles. The Kier molecular flexibility index (Phi) is 7.35. The zero-order valence-electron chi connectivity index (χ0n) is 19.4. The molecular weight excluding hydrogens is 497 g/mol. The SMILES string of the molecule is CC(=O)N1CCC(c2ccc3ncn(CC(=O)NCc4cc(Cl)cc(C(F)(F)F)c4)c(=O)c3c2)CC1. The highest BCUT2D eigenvalue weighted by Crippen LogP contribution is 2.32. The Morgan fingerprint density at radius 3 is 2.53 bits per heavy atom. The van der Waals surface area contributed by atoms with Crippen LogP contribution in [0, 0.1) is 0 Å². The van der Waals surface area contributed by atoms with E-state index in [0.717, 1.165) is 30.5 Å². The molecule has 0 radical (unpaired) electrons. The number of piperidine rings is 1. The van der Waals surface area contributed by atoms with Crippen LogP contribution >= 0.6 is 11.6 Å². The van der Waals surface area contributed by atoms with Crippen molar-refractivity contribution in [1.29, 1.82) is 0 Å². The Labute approximate surface area is 209 Å². The first-order valence-corrected chi connectivity index (χ1v) is 11.8. The Hall–Kier alpha value is -3.40. The fourth-order valence-corrected chi connectivity index (χ4v) is 4.66. The van der Waals surface area contributed by atoms with Crippen LogP contribution < -0.4 is 10.9 Å². The Morgan fingerprint density at radius 2 is 1.86 bits per heavy atom. The van der Waals surface area contributed by atoms with Crippen molar-refractivity contribution >= 4 is 34.3 Å². The number of carbonyl (C=O) groups excluding carboxylic acids is 2. The molecule has 2 heterocycles. The van der Waals surface area contributed by atoms with E-state index in [2.05, 4.69) is 10.3 Å². The number of halogens is 4. The van der Waals surface area contributed by atoms with E-state index in [-0.39, 0.29) is 41.1 Å². The van der Waals surface area contributed by atoms with Crippen molar-refractivity contribution in [1.82, 2.24) is 19.8 Å². The van der Waals surface area contributed by atoms with Crippen molar-refractivity contribution in [3.8, 4) is 0 Å². The lowest BCUT2D eigenvalue weighted by Gasteiger charge is -2.31. The van der Waals surface area contributed by atoms with Crippen LogP contribution in [0.4, 0.5) is 13.2 Å². The van der Waals surface area contributed by atoms with Gasteiger partial charge in [0.05, 0.1) is 22.8 Å². The number of alkyl halides is 3. The molecule has 190 valence electrons. The predicted molar refractivity (Wildman–Crippen MR) is 129 cm³/mol. The van der Waals surface area contributed by atoms with Crippen molar-refractivity contribution in [2.45, 2.75) is 44.9 Å². The number of benzene rings is 2. The first-order valence-electron chi connectivity index (χ1n) is 11.4. The van der Waals surface area contributed by atoms with Gasteiger partial charge in [-0.1, -0.05) is 17.7 Å². The molecular formula is C25H24ClF3N4O3. The zero-order chi connectivity index (χ0) is 26.0. The summed E-state index contributed by atoms with van der Waals surface area (Å²) >= 11 is 5.78. The minimum absolute atomic E-state index is 0.0495. The average molecular weight is 521 g/mol. The van der Waals surface area contributed by atoms with Gasteiger partial charge in [0.2, 0.25) is 11.8 Å². The molecule has 0 bridgehead atoms. The molecule has 36 heavy (non-hydrogen) atoms. The van der Waals surface area contributed by atoms with Gasteiger partial charge >= 0.3 is 6.18 Å². The quantitative estimate of drug-likeness (QED) is 0.549. The molecule has 0 spiro atoms. The van der Waals surface area contributed by atoms with Crippen molar-refractivity contribution in [3.05, 3.63) is 74.8 Å². The number of amides is 2. The number of nitrogens with one attached hydrogen (secondary N) is 1. The van der Waals surface area contributed by atoms with E-state index in [1.165, 1.54) is 17.0 Å². The van der Waals surface area contributed by atoms with Crippen LogP contribution in [-0.2, 0) is 28.9 Å². The molecule has 7 nitrogen and oxygen atoms in total. The van der Waals surface area contributed by atoms with Gasteiger partial charge in [-0.15, -0.1) is 0 Å². The normalized spacial score (nSPS) is 14.8. The van der Waals surface area contributed by atoms with E-state index in [1.54, 1.807) is 24.0 Å². The second kappa shape index (κ2) is 10.3.